The lowest BCUT2D eigenvalue weighted by molar-refractivity contribution is -0.256. The van der Waals surface area contributed by atoms with Crippen LogP contribution in [0.2, 0.25) is 0 Å². The van der Waals surface area contributed by atoms with Crippen molar-refractivity contribution in [1.82, 2.24) is 45.6 Å². The van der Waals surface area contributed by atoms with Gasteiger partial charge in [0.25, 0.3) is 0 Å². The number of nitrogens with one attached hydrogen (secondary N) is 4. The average molecular weight is 1960 g/mol. The molecule has 140 heavy (non-hydrogen) atoms. The Balaban J connectivity index is 0.000000292. The number of aliphatic hydroxyl groups is 1. The Labute approximate surface area is 813 Å². The number of fused-ring (bicyclic) bond motifs is 11. The predicted molar refractivity (Wildman–Crippen MR) is 506 cm³/mol. The normalized spacial score (nSPS) is 19.3. The number of ether oxygens (including phenoxy) is 15. The lowest BCUT2D eigenvalue weighted by Gasteiger charge is -2.43. The number of aromatic nitrogens is 3. The summed E-state index contributed by atoms with van der Waals surface area (Å²) in [5.41, 5.74) is 7.69. The van der Waals surface area contributed by atoms with Crippen LogP contribution in [-0.4, -0.2) is 339 Å². The number of esters is 1. The van der Waals surface area contributed by atoms with E-state index in [4.69, 9.17) is 76.8 Å². The van der Waals surface area contributed by atoms with Crippen LogP contribution in [0.4, 0.5) is 21.0 Å². The zero-order chi connectivity index (χ0) is 101. The smallest absolute Gasteiger partial charge is 0.409 e. The summed E-state index contributed by atoms with van der Waals surface area (Å²) in [5, 5.41) is 56.3. The Morgan fingerprint density at radius 3 is 2.01 bits per heavy atom. The van der Waals surface area contributed by atoms with E-state index in [1.807, 2.05) is 86.2 Å². The fraction of sp³-hybridized carbons (Fsp3) is 0.566. The third-order valence-electron chi connectivity index (χ3n) is 24.8. The molecule has 9 N–H and O–H groups in total. The summed E-state index contributed by atoms with van der Waals surface area (Å²) in [6.07, 6.45) is -4.37. The number of carbonyl (C=O) groups is 11. The van der Waals surface area contributed by atoms with E-state index in [1.54, 1.807) is 43.0 Å². The Morgan fingerprint density at radius 1 is 0.700 bits per heavy atom. The molecule has 0 radical (unpaired) electrons. The van der Waals surface area contributed by atoms with Gasteiger partial charge in [0.05, 0.1) is 166 Å². The van der Waals surface area contributed by atoms with Gasteiger partial charge in [-0.3, -0.25) is 48.1 Å². The number of amides is 6. The first kappa shape index (κ1) is 109. The van der Waals surface area contributed by atoms with Crippen molar-refractivity contribution in [3.05, 3.63) is 136 Å². The highest BCUT2D eigenvalue weighted by molar-refractivity contribution is 6.31. The molecule has 4 aliphatic heterocycles. The van der Waals surface area contributed by atoms with Gasteiger partial charge in [-0.2, -0.15) is 0 Å². The molecule has 0 spiro atoms. The number of benzene rings is 5. The van der Waals surface area contributed by atoms with Crippen LogP contribution in [0.25, 0.3) is 22.5 Å². The van der Waals surface area contributed by atoms with Crippen LogP contribution in [0.15, 0.2) is 91.0 Å². The lowest BCUT2D eigenvalue weighted by atomic mass is 9.72. The summed E-state index contributed by atoms with van der Waals surface area (Å²) in [7, 11) is 9.96. The van der Waals surface area contributed by atoms with E-state index in [0.717, 1.165) is 40.2 Å². The maximum absolute atomic E-state index is 14.1. The molecule has 1 unspecified atom stereocenters. The van der Waals surface area contributed by atoms with Crippen LogP contribution in [-0.2, 0) is 126 Å². The number of hydrogen-bond donors (Lipinski definition) is 8. The van der Waals surface area contributed by atoms with Gasteiger partial charge in [0.15, 0.2) is 37.0 Å². The van der Waals surface area contributed by atoms with E-state index < -0.39 is 132 Å². The van der Waals surface area contributed by atoms with Gasteiger partial charge in [-0.25, -0.2) is 14.3 Å². The summed E-state index contributed by atoms with van der Waals surface area (Å²) in [6.45, 7) is 14.7. The minimum absolute atomic E-state index is 0.00505. The van der Waals surface area contributed by atoms with Crippen LogP contribution in [0, 0.1) is 11.8 Å². The van der Waals surface area contributed by atoms with E-state index in [0.29, 0.717) is 130 Å². The number of Topliss-reactive ketones (excluding diaryl/α,β-unsaturated/α-hetero) is 3. The highest BCUT2D eigenvalue weighted by Gasteiger charge is 2.56. The monoisotopic (exact) mass is 1950 g/mol. The highest BCUT2D eigenvalue weighted by Crippen LogP contribution is 2.54. The Morgan fingerprint density at radius 2 is 1.35 bits per heavy atom. The maximum atomic E-state index is 14.1. The Hall–Kier alpha value is -11.2. The number of hydrogen-bond acceptors (Lipinski definition) is 34. The van der Waals surface area contributed by atoms with Gasteiger partial charge in [-0.15, -0.1) is 5.10 Å². The molecule has 0 saturated carbocycles. The Kier molecular flexibility index (Phi) is 42.2. The van der Waals surface area contributed by atoms with Crippen molar-refractivity contribution < 1.29 is 139 Å². The average Bonchev–Trinajstić information content (AvgIpc) is 0.899. The number of anilines is 2. The van der Waals surface area contributed by atoms with Crippen molar-refractivity contribution in [2.75, 3.05) is 191 Å². The van der Waals surface area contributed by atoms with Gasteiger partial charge in [-0.05, 0) is 88.6 Å². The first-order chi connectivity index (χ1) is 67.4. The second-order valence-electron chi connectivity index (χ2n) is 35.4. The van der Waals surface area contributed by atoms with Crippen LogP contribution in [0.1, 0.15) is 152 Å². The standard InChI is InChI=1S/C61H87N9O15.C38H47N3O14/c1-44(2)57(54(73)41-47(12-10-24-64-61(62)77)60(76)65-49-20-18-46(19-21-49)43-85-45(3)71)66-55(74)23-28-79-32-36-83-40-39-82-35-31-78-27-22-50(72)13-9-17-56(75)69-42-48-11-5-6-14-51(48)59-58(52-15-7-8-16-53(52)69)67-68-70(59)26-30-81-34-38-84-37-33-80-29-25-63-4;1-18-34-21(41-12-13-51-36(50-6)35(41)55-34)14-25(53-18)54-23-16-38(48,24(42)17-52-37(47)40(4)11-10-39(2)3)15-20-27(23)33(46)29-28(31(20)44)30(43)19-8-7-9-22(49-5)26(19)32(29)45/h5-8,11,14-16,18-21,44,47,57,63H,9-10,12-13,17,22-43H2,1-4H3,(H,65,76)(H,66,74)(H3,62,64,77);7-9,18,21,23,25,34-36,44,46,48H,10-17H2,1-6H3/t47-,57+;18-,21-,23-,25?,34+,35+,36-,38-/m10/s1. The second-order valence-corrected chi connectivity index (χ2v) is 35.4. The second kappa shape index (κ2) is 54.1. The predicted octanol–water partition coefficient (Wildman–Crippen LogP) is 6.53. The molecule has 41 nitrogen and oxygen atoms in total. The summed E-state index contributed by atoms with van der Waals surface area (Å²) in [5.74, 6) is -6.29. The SMILES string of the molecule is CNCCOCCOCCOCCn1nnc2c1-c1ccccc1CN(C(=O)CCCC(=O)CCOCCOCCOCCOCCC(=O)N[C@H](C(=O)C[C@@H](CCCNC(N)=O)C(=O)Nc1ccc(COC(C)=O)cc1)C(C)C)c1ccccc1-2.COc1cccc2c1C(=O)c1c(O)c3c(c(O)c1C2=O)C[C@@](O)(C(=O)COC(=O)N(C)CCN(C)C)C[C@@H]3OC1C[C@H]2[C@H](O[C@@H]3[C@@H](OC)OCCN32)[C@H](C)O1. The van der Waals surface area contributed by atoms with Crippen molar-refractivity contribution in [2.45, 2.75) is 173 Å². The van der Waals surface area contributed by atoms with Crippen LogP contribution in [0.5, 0.6) is 17.2 Å². The molecule has 3 saturated heterocycles. The van der Waals surface area contributed by atoms with Crippen molar-refractivity contribution in [3.63, 3.8) is 0 Å². The molecule has 2 aliphatic carbocycles. The van der Waals surface area contributed by atoms with E-state index in [-0.39, 0.29) is 154 Å². The molecule has 12 rings (SSSR count). The zero-order valence-corrected chi connectivity index (χ0v) is 81.3. The first-order valence-electron chi connectivity index (χ1n) is 47.5. The number of methoxy groups -OCH3 is 2. The Bertz CT molecular complexity index is 5190. The van der Waals surface area contributed by atoms with Gasteiger partial charge in [0.2, 0.25) is 29.3 Å². The molecule has 6 aromatic rings. The molecule has 0 bridgehead atoms. The quantitative estimate of drug-likeness (QED) is 0.0114. The molecule has 6 amide bonds. The molecule has 41 heteroatoms. The van der Waals surface area contributed by atoms with E-state index >= 15 is 0 Å². The lowest BCUT2D eigenvalue weighted by Crippen LogP contribution is -2.55. The van der Waals surface area contributed by atoms with Crippen LogP contribution >= 0.6 is 0 Å². The number of primary amides is 1. The van der Waals surface area contributed by atoms with Gasteiger partial charge in [-0.1, -0.05) is 85.8 Å². The van der Waals surface area contributed by atoms with Gasteiger partial charge in [0.1, 0.15) is 47.0 Å². The fourth-order valence-electron chi connectivity index (χ4n) is 17.5. The molecule has 5 aromatic carbocycles. The van der Waals surface area contributed by atoms with Crippen molar-refractivity contribution >= 4 is 76.1 Å². The summed E-state index contributed by atoms with van der Waals surface area (Å²) >= 11 is 0. The fourth-order valence-corrected chi connectivity index (χ4v) is 17.5. The molecule has 764 valence electrons. The van der Waals surface area contributed by atoms with Crippen LogP contribution in [0.3, 0.4) is 0 Å². The number of morpholine rings is 1. The minimum Gasteiger partial charge on any atom is -0.507 e. The van der Waals surface area contributed by atoms with E-state index in [1.165, 1.54) is 51.3 Å². The van der Waals surface area contributed by atoms with Crippen molar-refractivity contribution in [1.29, 1.82) is 0 Å². The van der Waals surface area contributed by atoms with Gasteiger partial charge in [0, 0.05) is 151 Å². The molecule has 5 heterocycles. The first-order valence-corrected chi connectivity index (χ1v) is 47.5. The van der Waals surface area contributed by atoms with Gasteiger partial charge >= 0.3 is 18.1 Å². The largest absolute Gasteiger partial charge is 0.507 e. The van der Waals surface area contributed by atoms with E-state index in [2.05, 4.69) is 36.5 Å². The summed E-state index contributed by atoms with van der Waals surface area (Å²) < 4.78 is 87.3. The number of phenols is 2. The molecular weight excluding hydrogens is 1820 g/mol. The zero-order valence-electron chi connectivity index (χ0n) is 81.3. The van der Waals surface area contributed by atoms with Gasteiger partial charge < -0.3 is 128 Å². The molecular formula is C99H134N12O29. The number of para-hydroxylation sites is 1. The number of urea groups is 1. The van der Waals surface area contributed by atoms with Crippen LogP contribution < -0.4 is 36.6 Å². The molecule has 1 aromatic heterocycles. The number of nitrogens with two attached hydrogens (primary N) is 1. The number of nitrogens with zero attached hydrogens (tertiary/aromatic N) is 7. The highest BCUT2D eigenvalue weighted by atomic mass is 16.7. The number of phenolic OH excluding ortho intramolecular Hbond substituents is 2. The summed E-state index contributed by atoms with van der Waals surface area (Å²) in [6, 6.07) is 25.1. The number of rotatable bonds is 54. The molecule has 10 atom stereocenters. The van der Waals surface area contributed by atoms with Crippen molar-refractivity contribution in [3.8, 4) is 39.8 Å². The summed E-state index contributed by atoms with van der Waals surface area (Å²) in [4.78, 5) is 151. The maximum Gasteiger partial charge on any atom is 0.409 e. The third kappa shape index (κ3) is 29.7. The number of aromatic hydroxyl groups is 2. The van der Waals surface area contributed by atoms with E-state index in [9.17, 15) is 68.1 Å². The molecule has 3 fully saturated rings. The number of likely N-dealkylation sites (N-methyl/N-ethyl adjacent to an activating group) is 3. The topological polar surface area (TPSA) is 505 Å². The molecule has 6 aliphatic rings. The number of ketones is 5. The van der Waals surface area contributed by atoms with Crippen molar-refractivity contribution in [2.24, 2.45) is 17.6 Å². The number of carbonyl (C=O) groups excluding carboxylic acids is 11. The third-order valence-corrected chi connectivity index (χ3v) is 24.8. The minimum atomic E-state index is -2.32.